The van der Waals surface area contributed by atoms with Gasteiger partial charge in [-0.25, -0.2) is 0 Å². The van der Waals surface area contributed by atoms with Crippen LogP contribution in [-0.2, 0) is 11.3 Å². The first kappa shape index (κ1) is 18.0. The first-order valence-electron chi connectivity index (χ1n) is 10.3. The zero-order valence-electron chi connectivity index (χ0n) is 17.2. The number of nitrogens with zero attached hydrogens (tertiary/aromatic N) is 1. The first-order chi connectivity index (χ1) is 13.3. The maximum atomic E-state index is 13.6. The Morgan fingerprint density at radius 1 is 1.07 bits per heavy atom. The van der Waals surface area contributed by atoms with E-state index in [-0.39, 0.29) is 29.3 Å². The van der Waals surface area contributed by atoms with Crippen LogP contribution in [0, 0.1) is 22.7 Å². The van der Waals surface area contributed by atoms with E-state index in [4.69, 9.17) is 14.2 Å². The molecule has 28 heavy (non-hydrogen) atoms. The maximum Gasteiger partial charge on any atom is 0.231 e. The molecule has 1 aliphatic carbocycles. The third-order valence-electron chi connectivity index (χ3n) is 7.72. The molecular formula is C23H29NO4. The summed E-state index contributed by atoms with van der Waals surface area (Å²) in [6.07, 6.45) is 4.20. The van der Waals surface area contributed by atoms with Crippen molar-refractivity contribution in [1.82, 2.24) is 4.57 Å². The quantitative estimate of drug-likeness (QED) is 0.721. The highest BCUT2D eigenvalue weighted by atomic mass is 16.7. The fourth-order valence-electron chi connectivity index (χ4n) is 5.24. The summed E-state index contributed by atoms with van der Waals surface area (Å²) in [5, 5.41) is 0.986. The van der Waals surface area contributed by atoms with Crippen LogP contribution in [0.25, 0.3) is 10.9 Å². The van der Waals surface area contributed by atoms with Gasteiger partial charge in [0.05, 0.1) is 5.52 Å². The largest absolute Gasteiger partial charge is 0.454 e. The molecule has 2 aliphatic heterocycles. The minimum absolute atomic E-state index is 0.0234. The highest BCUT2D eigenvalue weighted by molar-refractivity contribution is 6.11. The highest BCUT2D eigenvalue weighted by Crippen LogP contribution is 2.69. The van der Waals surface area contributed by atoms with E-state index in [9.17, 15) is 4.79 Å². The Labute approximate surface area is 165 Å². The average molecular weight is 383 g/mol. The van der Waals surface area contributed by atoms with E-state index in [0.717, 1.165) is 60.6 Å². The van der Waals surface area contributed by atoms with E-state index in [1.807, 2.05) is 12.1 Å². The van der Waals surface area contributed by atoms with E-state index in [1.165, 1.54) is 0 Å². The van der Waals surface area contributed by atoms with Crippen molar-refractivity contribution in [2.24, 2.45) is 22.7 Å². The number of rotatable bonds is 4. The van der Waals surface area contributed by atoms with E-state index in [0.29, 0.717) is 5.92 Å². The van der Waals surface area contributed by atoms with E-state index in [2.05, 4.69) is 38.5 Å². The normalized spacial score (nSPS) is 23.3. The number of hydrogen-bond acceptors (Lipinski definition) is 4. The van der Waals surface area contributed by atoms with Gasteiger partial charge in [-0.3, -0.25) is 4.79 Å². The molecule has 0 spiro atoms. The second-order valence-electron chi connectivity index (χ2n) is 9.71. The van der Waals surface area contributed by atoms with Gasteiger partial charge < -0.3 is 18.8 Å². The molecule has 5 nitrogen and oxygen atoms in total. The van der Waals surface area contributed by atoms with Gasteiger partial charge in [-0.1, -0.05) is 27.7 Å². The monoisotopic (exact) mass is 383 g/mol. The van der Waals surface area contributed by atoms with Crippen LogP contribution in [-0.4, -0.2) is 30.4 Å². The summed E-state index contributed by atoms with van der Waals surface area (Å²) in [5.74, 6) is 2.38. The van der Waals surface area contributed by atoms with Crippen molar-refractivity contribution in [1.29, 1.82) is 0 Å². The number of hydrogen-bond donors (Lipinski definition) is 0. The summed E-state index contributed by atoms with van der Waals surface area (Å²) in [6, 6.07) is 4.03. The van der Waals surface area contributed by atoms with Crippen molar-refractivity contribution in [3.05, 3.63) is 23.9 Å². The van der Waals surface area contributed by atoms with Gasteiger partial charge in [0.15, 0.2) is 17.3 Å². The number of carbonyl (C=O) groups is 1. The minimum atomic E-state index is 0.0234. The molecule has 0 radical (unpaired) electrons. The lowest BCUT2D eigenvalue weighted by atomic mass is 10.0. The zero-order valence-corrected chi connectivity index (χ0v) is 17.2. The Bertz CT molecular complexity index is 935. The lowest BCUT2D eigenvalue weighted by Gasteiger charge is -2.22. The Kier molecular flexibility index (Phi) is 3.86. The zero-order chi connectivity index (χ0) is 19.7. The summed E-state index contributed by atoms with van der Waals surface area (Å²) in [5.41, 5.74) is 1.94. The molecule has 0 amide bonds. The van der Waals surface area contributed by atoms with Crippen molar-refractivity contribution < 1.29 is 19.0 Å². The van der Waals surface area contributed by atoms with E-state index < -0.39 is 0 Å². The Balaban J connectivity index is 1.58. The van der Waals surface area contributed by atoms with Crippen molar-refractivity contribution in [2.45, 2.75) is 47.1 Å². The van der Waals surface area contributed by atoms with Crippen LogP contribution in [0.15, 0.2) is 18.3 Å². The van der Waals surface area contributed by atoms with Gasteiger partial charge in [-0.2, -0.15) is 0 Å². The molecule has 5 rings (SSSR count). The Hall–Kier alpha value is -2.01. The summed E-state index contributed by atoms with van der Waals surface area (Å²) < 4.78 is 19.0. The van der Waals surface area contributed by atoms with Gasteiger partial charge in [0.25, 0.3) is 0 Å². The van der Waals surface area contributed by atoms with Crippen LogP contribution < -0.4 is 9.47 Å². The second kappa shape index (κ2) is 5.99. The van der Waals surface area contributed by atoms with Gasteiger partial charge in [-0.15, -0.1) is 0 Å². The van der Waals surface area contributed by atoms with Crippen molar-refractivity contribution >= 4 is 16.7 Å². The number of ether oxygens (including phenoxy) is 3. The molecule has 1 aromatic heterocycles. The van der Waals surface area contributed by atoms with Crippen molar-refractivity contribution in [3.8, 4) is 11.5 Å². The molecule has 0 atom stereocenters. The van der Waals surface area contributed by atoms with Crippen LogP contribution in [0.3, 0.4) is 0 Å². The molecule has 2 aromatic rings. The van der Waals surface area contributed by atoms with Crippen LogP contribution in [0.2, 0.25) is 0 Å². The Morgan fingerprint density at radius 3 is 2.36 bits per heavy atom. The van der Waals surface area contributed by atoms with Crippen molar-refractivity contribution in [2.75, 3.05) is 20.0 Å². The number of benzene rings is 1. The van der Waals surface area contributed by atoms with Crippen LogP contribution in [0.4, 0.5) is 0 Å². The SMILES string of the molecule is CC1(C)C(C(=O)c2cn(CC3CCOCC3)c3cc4c(cc23)OCO4)C1(C)C. The molecule has 3 aliphatic rings. The number of aromatic nitrogens is 1. The number of Topliss-reactive ketones (excluding diaryl/α,β-unsaturated/α-hetero) is 1. The molecule has 5 heteroatoms. The van der Waals surface area contributed by atoms with Crippen LogP contribution >= 0.6 is 0 Å². The summed E-state index contributed by atoms with van der Waals surface area (Å²) >= 11 is 0. The van der Waals surface area contributed by atoms with Crippen molar-refractivity contribution in [3.63, 3.8) is 0 Å². The summed E-state index contributed by atoms with van der Waals surface area (Å²) in [7, 11) is 0. The molecular weight excluding hydrogens is 354 g/mol. The fourth-order valence-corrected chi connectivity index (χ4v) is 5.24. The first-order valence-corrected chi connectivity index (χ1v) is 10.3. The van der Waals surface area contributed by atoms with Crippen LogP contribution in [0.5, 0.6) is 11.5 Å². The van der Waals surface area contributed by atoms with E-state index in [1.54, 1.807) is 0 Å². The highest BCUT2D eigenvalue weighted by Gasteiger charge is 2.68. The molecule has 1 saturated heterocycles. The van der Waals surface area contributed by atoms with E-state index >= 15 is 0 Å². The molecule has 0 bridgehead atoms. The molecule has 0 N–H and O–H groups in total. The summed E-state index contributed by atoms with van der Waals surface area (Å²) in [4.78, 5) is 13.6. The average Bonchev–Trinajstić information content (AvgIpc) is 3.06. The topological polar surface area (TPSA) is 49.7 Å². The molecule has 150 valence electrons. The lowest BCUT2D eigenvalue weighted by molar-refractivity contribution is 0.0616. The predicted octanol–water partition coefficient (Wildman–Crippen LogP) is 4.66. The van der Waals surface area contributed by atoms with Gasteiger partial charge >= 0.3 is 0 Å². The minimum Gasteiger partial charge on any atom is -0.454 e. The third kappa shape index (κ3) is 2.52. The summed E-state index contributed by atoms with van der Waals surface area (Å²) in [6.45, 7) is 11.6. The maximum absolute atomic E-state index is 13.6. The standard InChI is InChI=1S/C23H29NO4/c1-22(2)21(23(22,3)4)20(25)16-12-24(11-14-5-7-26-8-6-14)17-10-19-18(9-15(16)17)27-13-28-19/h9-10,12,14,21H,5-8,11,13H2,1-4H3. The molecule has 2 fully saturated rings. The molecule has 0 unspecified atom stereocenters. The van der Waals surface area contributed by atoms with Gasteiger partial charge in [-0.05, 0) is 35.7 Å². The smallest absolute Gasteiger partial charge is 0.231 e. The van der Waals surface area contributed by atoms with Gasteiger partial charge in [0.2, 0.25) is 6.79 Å². The molecule has 1 aromatic carbocycles. The Morgan fingerprint density at radius 2 is 1.71 bits per heavy atom. The molecule has 1 saturated carbocycles. The van der Waals surface area contributed by atoms with Gasteiger partial charge in [0.1, 0.15) is 0 Å². The van der Waals surface area contributed by atoms with Crippen LogP contribution in [0.1, 0.15) is 50.9 Å². The second-order valence-corrected chi connectivity index (χ2v) is 9.71. The third-order valence-corrected chi connectivity index (χ3v) is 7.72. The number of carbonyl (C=O) groups excluding carboxylic acids is 1. The number of fused-ring (bicyclic) bond motifs is 2. The fraction of sp³-hybridized carbons (Fsp3) is 0.609. The molecule has 3 heterocycles. The predicted molar refractivity (Wildman–Crippen MR) is 107 cm³/mol. The van der Waals surface area contributed by atoms with Gasteiger partial charge in [0, 0.05) is 48.9 Å². The lowest BCUT2D eigenvalue weighted by Crippen LogP contribution is -2.20. The number of ketones is 1.